The molecule has 0 radical (unpaired) electrons. The summed E-state index contributed by atoms with van der Waals surface area (Å²) in [6.07, 6.45) is 5.04. The van der Waals surface area contributed by atoms with Crippen LogP contribution in [0.15, 0.2) is 54.1 Å². The summed E-state index contributed by atoms with van der Waals surface area (Å²) in [5.74, 6) is -1.73. The van der Waals surface area contributed by atoms with Crippen molar-refractivity contribution in [1.82, 2.24) is 10.6 Å². The first-order valence-corrected chi connectivity index (χ1v) is 15.5. The van der Waals surface area contributed by atoms with Crippen LogP contribution in [0.1, 0.15) is 75.5 Å². The summed E-state index contributed by atoms with van der Waals surface area (Å²) in [5.41, 5.74) is 8.66. The number of allylic oxidation sites excluding steroid dienone is 1. The number of ketones is 1. The van der Waals surface area contributed by atoms with Gasteiger partial charge in [-0.15, -0.1) is 0 Å². The van der Waals surface area contributed by atoms with E-state index in [1.807, 2.05) is 43.3 Å². The van der Waals surface area contributed by atoms with Gasteiger partial charge >= 0.3 is 0 Å². The van der Waals surface area contributed by atoms with Crippen molar-refractivity contribution in [1.29, 1.82) is 0 Å². The van der Waals surface area contributed by atoms with Crippen molar-refractivity contribution >= 4 is 29.1 Å². The zero-order valence-electron chi connectivity index (χ0n) is 26.0. The smallest absolute Gasteiger partial charge is 0.245 e. The second kappa shape index (κ2) is 12.9. The topological polar surface area (TPSA) is 140 Å². The number of methoxy groups -OCH3 is 1. The minimum Gasteiger partial charge on any atom is -0.497 e. The molecule has 0 spiro atoms. The summed E-state index contributed by atoms with van der Waals surface area (Å²) in [4.78, 5) is 53.9. The van der Waals surface area contributed by atoms with E-state index in [4.69, 9.17) is 15.2 Å². The van der Waals surface area contributed by atoms with E-state index in [-0.39, 0.29) is 18.1 Å². The van der Waals surface area contributed by atoms with Crippen molar-refractivity contribution in [3.05, 3.63) is 70.8 Å². The lowest BCUT2D eigenvalue weighted by molar-refractivity contribution is -0.134. The molecule has 0 bridgehead atoms. The molecule has 5 rings (SSSR count). The van der Waals surface area contributed by atoms with Crippen molar-refractivity contribution in [3.63, 3.8) is 0 Å². The summed E-state index contributed by atoms with van der Waals surface area (Å²) in [6, 6.07) is 13.2. The number of fused-ring (bicyclic) bond motifs is 1. The lowest BCUT2D eigenvalue weighted by Gasteiger charge is -2.28. The maximum Gasteiger partial charge on any atom is 0.245 e. The lowest BCUT2D eigenvalue weighted by atomic mass is 9.83. The van der Waals surface area contributed by atoms with Crippen LogP contribution < -0.4 is 21.1 Å². The molecule has 1 unspecified atom stereocenters. The number of benzene rings is 2. The Morgan fingerprint density at radius 3 is 2.25 bits per heavy atom. The Morgan fingerprint density at radius 1 is 1.00 bits per heavy atom. The summed E-state index contributed by atoms with van der Waals surface area (Å²) in [7, 11) is 1.58. The first kappa shape index (κ1) is 31.4. The molecule has 3 amide bonds. The monoisotopic (exact) mass is 601 g/mol. The summed E-state index contributed by atoms with van der Waals surface area (Å²) < 4.78 is 10.7. The molecule has 1 aliphatic heterocycles. The Labute approximate surface area is 258 Å². The van der Waals surface area contributed by atoms with Gasteiger partial charge in [0.2, 0.25) is 17.7 Å². The number of ether oxygens (including phenoxy) is 2. The number of amides is 3. The molecular formula is C35H43N3O6. The van der Waals surface area contributed by atoms with Crippen LogP contribution >= 0.6 is 0 Å². The highest BCUT2D eigenvalue weighted by Gasteiger charge is 2.50. The minimum atomic E-state index is -0.969. The fourth-order valence-corrected chi connectivity index (χ4v) is 6.86. The highest BCUT2D eigenvalue weighted by molar-refractivity contribution is 6.05. The first-order chi connectivity index (χ1) is 21.0. The Bertz CT molecular complexity index is 1460. The van der Waals surface area contributed by atoms with Gasteiger partial charge in [0.05, 0.1) is 19.8 Å². The molecule has 44 heavy (non-hydrogen) atoms. The van der Waals surface area contributed by atoms with Crippen LogP contribution in [0.2, 0.25) is 0 Å². The third-order valence-corrected chi connectivity index (χ3v) is 9.60. The maximum absolute atomic E-state index is 14.0. The van der Waals surface area contributed by atoms with Gasteiger partial charge in [0, 0.05) is 23.8 Å². The van der Waals surface area contributed by atoms with Crippen molar-refractivity contribution < 1.29 is 28.7 Å². The number of hydrogen-bond donors (Lipinski definition) is 3. The van der Waals surface area contributed by atoms with E-state index in [0.717, 1.165) is 47.9 Å². The Balaban J connectivity index is 1.40. The van der Waals surface area contributed by atoms with Crippen LogP contribution in [0, 0.1) is 11.8 Å². The van der Waals surface area contributed by atoms with Gasteiger partial charge in [0.25, 0.3) is 0 Å². The number of rotatable bonds is 13. The molecular weight excluding hydrogens is 558 g/mol. The third kappa shape index (κ3) is 6.58. The first-order valence-electron chi connectivity index (χ1n) is 15.5. The van der Waals surface area contributed by atoms with E-state index < -0.39 is 41.3 Å². The normalized spacial score (nSPS) is 23.0. The molecule has 9 nitrogen and oxygen atoms in total. The maximum atomic E-state index is 14.0. The van der Waals surface area contributed by atoms with E-state index >= 15 is 0 Å². The van der Waals surface area contributed by atoms with Gasteiger partial charge in [-0.1, -0.05) is 69.0 Å². The fraction of sp³-hybridized carbons (Fsp3) is 0.486. The molecule has 5 atom stereocenters. The van der Waals surface area contributed by atoms with Gasteiger partial charge in [0.15, 0.2) is 5.78 Å². The lowest BCUT2D eigenvalue weighted by Crippen LogP contribution is -2.55. The molecule has 3 aliphatic rings. The van der Waals surface area contributed by atoms with Crippen LogP contribution in [0.5, 0.6) is 5.75 Å². The molecule has 2 aromatic rings. The van der Waals surface area contributed by atoms with Crippen molar-refractivity contribution in [3.8, 4) is 5.75 Å². The van der Waals surface area contributed by atoms with Gasteiger partial charge in [-0.2, -0.15) is 0 Å². The average molecular weight is 602 g/mol. The van der Waals surface area contributed by atoms with Gasteiger partial charge < -0.3 is 25.8 Å². The number of epoxide rings is 1. The number of nitrogens with one attached hydrogen (secondary N) is 2. The van der Waals surface area contributed by atoms with Crippen molar-refractivity contribution in [2.45, 2.75) is 82.9 Å². The predicted molar refractivity (Wildman–Crippen MR) is 167 cm³/mol. The Hall–Kier alpha value is -3.98. The van der Waals surface area contributed by atoms with Crippen molar-refractivity contribution in [2.24, 2.45) is 17.6 Å². The molecule has 234 valence electrons. The van der Waals surface area contributed by atoms with E-state index in [0.29, 0.717) is 30.3 Å². The molecule has 0 aromatic heterocycles. The number of Topliss-reactive ketones (excluding diaryl/α,β-unsaturated/α-hetero) is 1. The average Bonchev–Trinajstić information content (AvgIpc) is 3.42. The largest absolute Gasteiger partial charge is 0.497 e. The second-order valence-corrected chi connectivity index (χ2v) is 12.7. The fourth-order valence-electron chi connectivity index (χ4n) is 6.86. The molecule has 1 saturated carbocycles. The van der Waals surface area contributed by atoms with Gasteiger partial charge in [-0.3, -0.25) is 19.2 Å². The third-order valence-electron chi connectivity index (χ3n) is 9.60. The SMILES string of the molecule is COc1ccc(C[C@H](NC(=O)[C@H](C)C2C(C(N)=O)=C(C)c3ccccc32)C(=O)N[C@@H](CC2CCCC2)C(=O)[C@@]2(C)CO2)cc1. The molecule has 1 heterocycles. The number of hydrogen-bond acceptors (Lipinski definition) is 6. The standard InChI is InChI=1S/C35H43N3O6/c1-20-25-11-7-8-12-26(25)29(30(20)32(36)40)21(2)33(41)38-28(18-23-13-15-24(43-4)16-14-23)34(42)37-27(17-22-9-5-6-10-22)31(39)35(3)19-44-35/h7-8,11-16,21-22,27-29H,5-6,9-10,17-19H2,1-4H3,(H2,36,40)(H,37,42)(H,38,41)/t21-,27+,28+,29?,35-/m1/s1. The van der Waals surface area contributed by atoms with Crippen LogP contribution in [-0.4, -0.2) is 54.9 Å². The quantitative estimate of drug-likeness (QED) is 0.298. The zero-order valence-corrected chi connectivity index (χ0v) is 26.0. The summed E-state index contributed by atoms with van der Waals surface area (Å²) >= 11 is 0. The summed E-state index contributed by atoms with van der Waals surface area (Å²) in [6.45, 7) is 5.69. The molecule has 2 fully saturated rings. The van der Waals surface area contributed by atoms with E-state index in [2.05, 4.69) is 10.6 Å². The van der Waals surface area contributed by atoms with Crippen LogP contribution in [0.25, 0.3) is 5.57 Å². The molecule has 4 N–H and O–H groups in total. The van der Waals surface area contributed by atoms with Crippen LogP contribution in [-0.2, 0) is 30.3 Å². The highest BCUT2D eigenvalue weighted by atomic mass is 16.6. The Kier molecular flexibility index (Phi) is 9.25. The number of carbonyl (C=O) groups excluding carboxylic acids is 4. The molecule has 2 aromatic carbocycles. The number of primary amides is 1. The van der Waals surface area contributed by atoms with Crippen LogP contribution in [0.3, 0.4) is 0 Å². The highest BCUT2D eigenvalue weighted by Crippen LogP contribution is 2.45. The van der Waals surface area contributed by atoms with E-state index in [9.17, 15) is 19.2 Å². The van der Waals surface area contributed by atoms with Crippen LogP contribution in [0.4, 0.5) is 0 Å². The van der Waals surface area contributed by atoms with Gasteiger partial charge in [0.1, 0.15) is 17.4 Å². The van der Waals surface area contributed by atoms with Gasteiger partial charge in [-0.05, 0) is 60.6 Å². The summed E-state index contributed by atoms with van der Waals surface area (Å²) in [5, 5.41) is 5.97. The van der Waals surface area contributed by atoms with Crippen molar-refractivity contribution in [2.75, 3.05) is 13.7 Å². The van der Waals surface area contributed by atoms with Gasteiger partial charge in [-0.25, -0.2) is 0 Å². The minimum absolute atomic E-state index is 0.130. The van der Waals surface area contributed by atoms with E-state index in [1.54, 1.807) is 33.1 Å². The number of carbonyl (C=O) groups is 4. The molecule has 2 aliphatic carbocycles. The predicted octanol–water partition coefficient (Wildman–Crippen LogP) is 3.84. The molecule has 9 heteroatoms. The second-order valence-electron chi connectivity index (χ2n) is 12.7. The Morgan fingerprint density at radius 2 is 1.64 bits per heavy atom. The zero-order chi connectivity index (χ0) is 31.6. The molecule has 1 saturated heterocycles. The number of nitrogens with two attached hydrogens (primary N) is 1. The van der Waals surface area contributed by atoms with E-state index in [1.165, 1.54) is 0 Å².